The quantitative estimate of drug-likeness (QED) is 0.650. The van der Waals surface area contributed by atoms with E-state index in [1.807, 2.05) is 0 Å². The number of hydrogen-bond donors (Lipinski definition) is 3. The summed E-state index contributed by atoms with van der Waals surface area (Å²) in [5, 5.41) is 17.3. The Labute approximate surface area is 86.7 Å². The van der Waals surface area contributed by atoms with Crippen molar-refractivity contribution in [2.45, 2.75) is 13.3 Å². The number of H-pyrrole nitrogens is 1. The lowest BCUT2D eigenvalue weighted by Gasteiger charge is -2.09. The zero-order chi connectivity index (χ0) is 11.3. The normalized spacial score (nSPS) is 12.1. The van der Waals surface area contributed by atoms with Gasteiger partial charge in [-0.1, -0.05) is 6.92 Å². The average molecular weight is 211 g/mol. The molecule has 0 aliphatic heterocycles. The van der Waals surface area contributed by atoms with Crippen LogP contribution in [0.1, 0.15) is 23.7 Å². The first-order valence-electron chi connectivity index (χ1n) is 4.58. The van der Waals surface area contributed by atoms with Gasteiger partial charge in [-0.05, 0) is 5.92 Å². The van der Waals surface area contributed by atoms with E-state index in [-0.39, 0.29) is 18.2 Å². The van der Waals surface area contributed by atoms with E-state index in [0.717, 1.165) is 0 Å². The molecule has 0 bridgehead atoms. The predicted octanol–water partition coefficient (Wildman–Crippen LogP) is 0.250. The predicted molar refractivity (Wildman–Crippen MR) is 52.3 cm³/mol. The van der Waals surface area contributed by atoms with E-state index in [2.05, 4.69) is 15.5 Å². The van der Waals surface area contributed by atoms with Crippen LogP contribution < -0.4 is 5.32 Å². The van der Waals surface area contributed by atoms with Gasteiger partial charge >= 0.3 is 5.97 Å². The van der Waals surface area contributed by atoms with Gasteiger partial charge in [0, 0.05) is 19.2 Å². The Balaban J connectivity index is 2.31. The Morgan fingerprint density at radius 1 is 1.67 bits per heavy atom. The van der Waals surface area contributed by atoms with Gasteiger partial charge < -0.3 is 10.4 Å². The molecule has 0 fully saturated rings. The van der Waals surface area contributed by atoms with E-state index in [0.29, 0.717) is 12.1 Å². The van der Waals surface area contributed by atoms with Crippen LogP contribution in [0.15, 0.2) is 12.4 Å². The summed E-state index contributed by atoms with van der Waals surface area (Å²) in [4.78, 5) is 21.7. The molecular formula is C9H13N3O3. The minimum absolute atomic E-state index is 0.0473. The van der Waals surface area contributed by atoms with Gasteiger partial charge in [0.05, 0.1) is 11.8 Å². The van der Waals surface area contributed by atoms with Crippen molar-refractivity contribution in [2.24, 2.45) is 5.92 Å². The van der Waals surface area contributed by atoms with E-state index >= 15 is 0 Å². The maximum Gasteiger partial charge on any atom is 0.303 e. The smallest absolute Gasteiger partial charge is 0.303 e. The van der Waals surface area contributed by atoms with Gasteiger partial charge in [-0.3, -0.25) is 14.7 Å². The van der Waals surface area contributed by atoms with Crippen LogP contribution in [0.3, 0.4) is 0 Å². The highest BCUT2D eigenvalue weighted by Crippen LogP contribution is 2.00. The number of nitrogens with zero attached hydrogens (tertiary/aromatic N) is 1. The number of hydrogen-bond acceptors (Lipinski definition) is 3. The molecule has 1 unspecified atom stereocenters. The van der Waals surface area contributed by atoms with Gasteiger partial charge in [0.15, 0.2) is 0 Å². The molecule has 1 aromatic rings. The maximum absolute atomic E-state index is 11.4. The average Bonchev–Trinajstić information content (AvgIpc) is 2.65. The van der Waals surface area contributed by atoms with Crippen LogP contribution in [-0.2, 0) is 4.79 Å². The fraction of sp³-hybridized carbons (Fsp3) is 0.444. The van der Waals surface area contributed by atoms with E-state index in [4.69, 9.17) is 5.11 Å². The molecule has 1 amide bonds. The number of rotatable bonds is 5. The van der Waals surface area contributed by atoms with E-state index in [1.165, 1.54) is 12.4 Å². The Morgan fingerprint density at radius 3 is 2.93 bits per heavy atom. The van der Waals surface area contributed by atoms with Crippen molar-refractivity contribution < 1.29 is 14.7 Å². The highest BCUT2D eigenvalue weighted by atomic mass is 16.4. The molecule has 0 aliphatic rings. The molecule has 0 saturated carbocycles. The van der Waals surface area contributed by atoms with Gasteiger partial charge in [-0.15, -0.1) is 0 Å². The van der Waals surface area contributed by atoms with Crippen molar-refractivity contribution in [1.82, 2.24) is 15.5 Å². The zero-order valence-corrected chi connectivity index (χ0v) is 8.36. The molecular weight excluding hydrogens is 198 g/mol. The molecule has 0 radical (unpaired) electrons. The van der Waals surface area contributed by atoms with Crippen LogP contribution in [0.2, 0.25) is 0 Å². The molecule has 6 heteroatoms. The minimum atomic E-state index is -0.861. The molecule has 1 atom stereocenters. The summed E-state index contributed by atoms with van der Waals surface area (Å²) >= 11 is 0. The molecule has 6 nitrogen and oxygen atoms in total. The molecule has 1 heterocycles. The zero-order valence-electron chi connectivity index (χ0n) is 8.36. The van der Waals surface area contributed by atoms with E-state index in [9.17, 15) is 9.59 Å². The highest BCUT2D eigenvalue weighted by molar-refractivity contribution is 5.93. The Kier molecular flexibility index (Phi) is 3.84. The van der Waals surface area contributed by atoms with E-state index in [1.54, 1.807) is 6.92 Å². The van der Waals surface area contributed by atoms with Gasteiger partial charge in [0.2, 0.25) is 0 Å². The third kappa shape index (κ3) is 3.80. The number of aliphatic carboxylic acids is 1. The number of amides is 1. The largest absolute Gasteiger partial charge is 0.481 e. The van der Waals surface area contributed by atoms with Crippen molar-refractivity contribution >= 4 is 11.9 Å². The third-order valence-corrected chi connectivity index (χ3v) is 1.89. The van der Waals surface area contributed by atoms with Gasteiger partial charge in [0.25, 0.3) is 5.91 Å². The second-order valence-electron chi connectivity index (χ2n) is 3.40. The molecule has 1 rings (SSSR count). The molecule has 0 aromatic carbocycles. The lowest BCUT2D eigenvalue weighted by atomic mass is 10.1. The van der Waals surface area contributed by atoms with Crippen molar-refractivity contribution in [3.63, 3.8) is 0 Å². The second-order valence-corrected chi connectivity index (χ2v) is 3.40. The topological polar surface area (TPSA) is 95.1 Å². The minimum Gasteiger partial charge on any atom is -0.481 e. The molecule has 3 N–H and O–H groups in total. The first-order chi connectivity index (χ1) is 7.09. The third-order valence-electron chi connectivity index (χ3n) is 1.89. The van der Waals surface area contributed by atoms with Gasteiger partial charge in [-0.2, -0.15) is 5.10 Å². The molecule has 0 saturated heterocycles. The summed E-state index contributed by atoms with van der Waals surface area (Å²) in [5.41, 5.74) is 0.442. The lowest BCUT2D eigenvalue weighted by Crippen LogP contribution is -2.28. The van der Waals surface area contributed by atoms with Crippen molar-refractivity contribution in [1.29, 1.82) is 0 Å². The summed E-state index contributed by atoms with van der Waals surface area (Å²) in [6.07, 6.45) is 2.94. The maximum atomic E-state index is 11.4. The highest BCUT2D eigenvalue weighted by Gasteiger charge is 2.10. The molecule has 0 aliphatic carbocycles. The van der Waals surface area contributed by atoms with E-state index < -0.39 is 5.97 Å². The summed E-state index contributed by atoms with van der Waals surface area (Å²) in [6, 6.07) is 0. The number of nitrogens with one attached hydrogen (secondary N) is 2. The standard InChI is InChI=1S/C9H13N3O3/c1-6(2-8(13)14)3-10-9(15)7-4-11-12-5-7/h4-6H,2-3H2,1H3,(H,10,15)(H,11,12)(H,13,14). The fourth-order valence-electron chi connectivity index (χ4n) is 1.11. The number of carbonyl (C=O) groups is 2. The van der Waals surface area contributed by atoms with Crippen molar-refractivity contribution in [2.75, 3.05) is 6.54 Å². The first kappa shape index (κ1) is 11.2. The Hall–Kier alpha value is -1.85. The molecule has 82 valence electrons. The summed E-state index contributed by atoms with van der Waals surface area (Å²) < 4.78 is 0. The number of carboxylic acid groups (broad SMARTS) is 1. The van der Waals surface area contributed by atoms with Crippen LogP contribution in [0.5, 0.6) is 0 Å². The molecule has 15 heavy (non-hydrogen) atoms. The lowest BCUT2D eigenvalue weighted by molar-refractivity contribution is -0.137. The van der Waals surface area contributed by atoms with Crippen LogP contribution in [0.25, 0.3) is 0 Å². The SMILES string of the molecule is CC(CNC(=O)c1cn[nH]c1)CC(=O)O. The Bertz CT molecular complexity index is 334. The number of carbonyl (C=O) groups excluding carboxylic acids is 1. The number of carboxylic acids is 1. The Morgan fingerprint density at radius 2 is 2.40 bits per heavy atom. The molecule has 1 aromatic heterocycles. The summed E-state index contributed by atoms with van der Waals surface area (Å²) in [7, 11) is 0. The monoisotopic (exact) mass is 211 g/mol. The summed E-state index contributed by atoms with van der Waals surface area (Å²) in [5.74, 6) is -1.20. The van der Waals surface area contributed by atoms with Crippen LogP contribution in [0.4, 0.5) is 0 Å². The van der Waals surface area contributed by atoms with Gasteiger partial charge in [0.1, 0.15) is 0 Å². The van der Waals surface area contributed by atoms with Gasteiger partial charge in [-0.25, -0.2) is 0 Å². The van der Waals surface area contributed by atoms with Crippen molar-refractivity contribution in [3.8, 4) is 0 Å². The summed E-state index contributed by atoms with van der Waals surface area (Å²) in [6.45, 7) is 2.11. The number of aromatic amines is 1. The number of aromatic nitrogens is 2. The first-order valence-corrected chi connectivity index (χ1v) is 4.58. The van der Waals surface area contributed by atoms with Crippen LogP contribution in [0, 0.1) is 5.92 Å². The van der Waals surface area contributed by atoms with Crippen LogP contribution in [-0.4, -0.2) is 33.7 Å². The molecule has 0 spiro atoms. The van der Waals surface area contributed by atoms with Crippen molar-refractivity contribution in [3.05, 3.63) is 18.0 Å². The second kappa shape index (κ2) is 5.14. The fourth-order valence-corrected chi connectivity index (χ4v) is 1.11. The van der Waals surface area contributed by atoms with Crippen LogP contribution >= 0.6 is 0 Å².